The van der Waals surface area contributed by atoms with Crippen molar-refractivity contribution in [2.24, 2.45) is 0 Å². The minimum atomic E-state index is -3.15. The predicted molar refractivity (Wildman–Crippen MR) is 90.4 cm³/mol. The number of hydrogen-bond acceptors (Lipinski definition) is 3. The van der Waals surface area contributed by atoms with Crippen LogP contribution in [0, 0.1) is 0 Å². The molecule has 1 atom stereocenters. The van der Waals surface area contributed by atoms with Crippen LogP contribution in [0.3, 0.4) is 0 Å². The van der Waals surface area contributed by atoms with Crippen LogP contribution < -0.4 is 5.32 Å². The van der Waals surface area contributed by atoms with Crippen molar-refractivity contribution in [2.75, 3.05) is 12.3 Å². The summed E-state index contributed by atoms with van der Waals surface area (Å²) >= 11 is 0. The highest BCUT2D eigenvalue weighted by Gasteiger charge is 2.32. The van der Waals surface area contributed by atoms with Crippen molar-refractivity contribution < 1.29 is 8.42 Å². The van der Waals surface area contributed by atoms with Crippen LogP contribution in [-0.4, -0.2) is 25.5 Å². The summed E-state index contributed by atoms with van der Waals surface area (Å²) in [5.41, 5.74) is 2.32. The van der Waals surface area contributed by atoms with E-state index in [1.807, 2.05) is 12.1 Å². The molecule has 21 heavy (non-hydrogen) atoms. The molecule has 1 unspecified atom stereocenters. The summed E-state index contributed by atoms with van der Waals surface area (Å²) in [6.07, 6.45) is 1.98. The van der Waals surface area contributed by atoms with E-state index in [0.29, 0.717) is 0 Å². The average molecular weight is 311 g/mol. The van der Waals surface area contributed by atoms with E-state index in [4.69, 9.17) is 0 Å². The van der Waals surface area contributed by atoms with Gasteiger partial charge in [0.15, 0.2) is 9.84 Å². The van der Waals surface area contributed by atoms with Gasteiger partial charge in [0.25, 0.3) is 0 Å². The molecule has 0 aliphatic heterocycles. The predicted octanol–water partition coefficient (Wildman–Crippen LogP) is 3.50. The third-order valence-electron chi connectivity index (χ3n) is 3.75. The van der Waals surface area contributed by atoms with Gasteiger partial charge in [-0.05, 0) is 51.3 Å². The summed E-state index contributed by atoms with van der Waals surface area (Å²) in [5, 5.41) is 3.37. The summed E-state index contributed by atoms with van der Waals surface area (Å²) in [5.74, 6) is 0.141. The summed E-state index contributed by atoms with van der Waals surface area (Å²) in [7, 11) is -3.15. The molecule has 3 nitrogen and oxygen atoms in total. The van der Waals surface area contributed by atoms with Crippen LogP contribution in [0.5, 0.6) is 0 Å². The number of benzene rings is 1. The Bertz CT molecular complexity index is 527. The maximum Gasteiger partial charge on any atom is 0.157 e. The third kappa shape index (κ3) is 5.11. The second kappa shape index (κ2) is 7.41. The fourth-order valence-corrected chi connectivity index (χ4v) is 3.30. The Hall–Kier alpha value is -0.870. The van der Waals surface area contributed by atoms with Crippen LogP contribution in [0.15, 0.2) is 24.3 Å². The lowest BCUT2D eigenvalue weighted by atomic mass is 10.0. The van der Waals surface area contributed by atoms with E-state index in [0.717, 1.165) is 24.9 Å². The standard InChI is InChI=1S/C17H29NO2S/c1-6-12-18-16(13-21(19,20)17(3,4)5)15-10-8-14(7-2)9-11-15/h8-11,16,18H,6-7,12-13H2,1-5H3. The van der Waals surface area contributed by atoms with Gasteiger partial charge in [-0.1, -0.05) is 38.1 Å². The van der Waals surface area contributed by atoms with Gasteiger partial charge in [0.05, 0.1) is 10.5 Å². The van der Waals surface area contributed by atoms with Gasteiger partial charge < -0.3 is 5.32 Å². The lowest BCUT2D eigenvalue weighted by Gasteiger charge is -2.25. The van der Waals surface area contributed by atoms with Crippen molar-refractivity contribution >= 4 is 9.84 Å². The molecule has 0 bridgehead atoms. The second-order valence-corrected chi connectivity index (χ2v) is 9.28. The molecule has 0 aromatic heterocycles. The molecule has 0 saturated heterocycles. The van der Waals surface area contributed by atoms with Crippen LogP contribution in [0.2, 0.25) is 0 Å². The smallest absolute Gasteiger partial charge is 0.157 e. The second-order valence-electron chi connectivity index (χ2n) is 6.50. The van der Waals surface area contributed by atoms with E-state index in [1.54, 1.807) is 20.8 Å². The van der Waals surface area contributed by atoms with Gasteiger partial charge in [-0.2, -0.15) is 0 Å². The van der Waals surface area contributed by atoms with Crippen molar-refractivity contribution in [3.05, 3.63) is 35.4 Å². The molecule has 1 rings (SSSR count). The van der Waals surface area contributed by atoms with Crippen molar-refractivity contribution in [1.29, 1.82) is 0 Å². The molecule has 0 radical (unpaired) electrons. The summed E-state index contributed by atoms with van der Waals surface area (Å²) in [6, 6.07) is 8.12. The minimum Gasteiger partial charge on any atom is -0.309 e. The SMILES string of the molecule is CCCNC(CS(=O)(=O)C(C)(C)C)c1ccc(CC)cc1. The van der Waals surface area contributed by atoms with Crippen LogP contribution >= 0.6 is 0 Å². The molecule has 120 valence electrons. The molecular formula is C17H29NO2S. The molecule has 1 aromatic rings. The van der Waals surface area contributed by atoms with E-state index in [-0.39, 0.29) is 11.8 Å². The molecule has 0 aliphatic carbocycles. The summed E-state index contributed by atoms with van der Waals surface area (Å²) < 4.78 is 24.2. The Labute approximate surface area is 130 Å². The summed E-state index contributed by atoms with van der Waals surface area (Å²) in [6.45, 7) is 10.3. The Morgan fingerprint density at radius 2 is 1.67 bits per heavy atom. The first kappa shape index (κ1) is 18.2. The maximum atomic E-state index is 12.5. The van der Waals surface area contributed by atoms with Crippen LogP contribution in [0.25, 0.3) is 0 Å². The minimum absolute atomic E-state index is 0.139. The van der Waals surface area contributed by atoms with E-state index in [2.05, 4.69) is 31.3 Å². The van der Waals surface area contributed by atoms with E-state index < -0.39 is 14.6 Å². The first-order valence-corrected chi connectivity index (χ1v) is 9.41. The van der Waals surface area contributed by atoms with Gasteiger partial charge >= 0.3 is 0 Å². The highest BCUT2D eigenvalue weighted by atomic mass is 32.2. The normalized spacial score (nSPS) is 14.1. The number of hydrogen-bond donors (Lipinski definition) is 1. The monoisotopic (exact) mass is 311 g/mol. The average Bonchev–Trinajstić information content (AvgIpc) is 2.42. The van der Waals surface area contributed by atoms with E-state index in [1.165, 1.54) is 5.56 Å². The zero-order valence-electron chi connectivity index (χ0n) is 13.9. The first-order valence-electron chi connectivity index (χ1n) is 7.75. The lowest BCUT2D eigenvalue weighted by molar-refractivity contribution is 0.526. The number of nitrogens with one attached hydrogen (secondary N) is 1. The van der Waals surface area contributed by atoms with Gasteiger partial charge in [-0.25, -0.2) is 8.42 Å². The van der Waals surface area contributed by atoms with E-state index in [9.17, 15) is 8.42 Å². The van der Waals surface area contributed by atoms with Gasteiger partial charge in [-0.3, -0.25) is 0 Å². The third-order valence-corrected chi connectivity index (χ3v) is 6.39. The highest BCUT2D eigenvalue weighted by molar-refractivity contribution is 7.92. The van der Waals surface area contributed by atoms with Gasteiger partial charge in [0.1, 0.15) is 0 Å². The molecule has 0 spiro atoms. The van der Waals surface area contributed by atoms with Crippen LogP contribution in [0.4, 0.5) is 0 Å². The number of aryl methyl sites for hydroxylation is 1. The zero-order valence-corrected chi connectivity index (χ0v) is 14.8. The Kier molecular flexibility index (Phi) is 6.41. The quantitative estimate of drug-likeness (QED) is 0.838. The van der Waals surface area contributed by atoms with E-state index >= 15 is 0 Å². The van der Waals surface area contributed by atoms with Crippen molar-refractivity contribution in [1.82, 2.24) is 5.32 Å². The van der Waals surface area contributed by atoms with Gasteiger partial charge in [0, 0.05) is 6.04 Å². The first-order chi connectivity index (χ1) is 9.71. The van der Waals surface area contributed by atoms with Gasteiger partial charge in [0.2, 0.25) is 0 Å². The fraction of sp³-hybridized carbons (Fsp3) is 0.647. The lowest BCUT2D eigenvalue weighted by Crippen LogP contribution is -2.37. The largest absolute Gasteiger partial charge is 0.309 e. The van der Waals surface area contributed by atoms with Crippen molar-refractivity contribution in [3.63, 3.8) is 0 Å². The fourth-order valence-electron chi connectivity index (χ4n) is 2.05. The molecule has 0 saturated carbocycles. The highest BCUT2D eigenvalue weighted by Crippen LogP contribution is 2.23. The molecule has 4 heteroatoms. The van der Waals surface area contributed by atoms with Crippen molar-refractivity contribution in [2.45, 2.75) is 58.2 Å². The molecule has 0 heterocycles. The van der Waals surface area contributed by atoms with Crippen LogP contribution in [0.1, 0.15) is 58.2 Å². The Morgan fingerprint density at radius 3 is 2.10 bits per heavy atom. The van der Waals surface area contributed by atoms with Crippen LogP contribution in [-0.2, 0) is 16.3 Å². The molecule has 1 N–H and O–H groups in total. The molecule has 0 aliphatic rings. The maximum absolute atomic E-state index is 12.5. The number of sulfone groups is 1. The van der Waals surface area contributed by atoms with Gasteiger partial charge in [-0.15, -0.1) is 0 Å². The van der Waals surface area contributed by atoms with Crippen molar-refractivity contribution in [3.8, 4) is 0 Å². The number of rotatable bonds is 7. The topological polar surface area (TPSA) is 46.2 Å². The molecular weight excluding hydrogens is 282 g/mol. The Balaban J connectivity index is 2.99. The summed E-state index contributed by atoms with van der Waals surface area (Å²) in [4.78, 5) is 0. The molecule has 1 aromatic carbocycles. The Morgan fingerprint density at radius 1 is 1.10 bits per heavy atom. The molecule has 0 fully saturated rings. The molecule has 0 amide bonds. The zero-order chi connectivity index (χ0) is 16.1.